The monoisotopic (exact) mass is 264 g/mol. The Bertz CT molecular complexity index is 395. The highest BCUT2D eigenvalue weighted by atomic mass is 16.6. The minimum absolute atomic E-state index is 0.0569. The Kier molecular flexibility index (Phi) is 4.81. The standard InChI is InChI=1S/C16H24O3/c1-11-5-4-6-12(2)9-15-13(8-7-11)14(10-18-3)16(17)19-15/h5,9,13-15H,4,6-8,10H2,1-3H3/b11-5?,12-9+/t13-,14-,15+/m0/s1. The molecule has 1 heterocycles. The molecule has 2 aliphatic rings. The third-order valence-corrected chi connectivity index (χ3v) is 4.19. The van der Waals surface area contributed by atoms with Gasteiger partial charge in [0.25, 0.3) is 0 Å². The first-order chi connectivity index (χ1) is 9.11. The van der Waals surface area contributed by atoms with Crippen LogP contribution in [0.1, 0.15) is 39.5 Å². The number of hydrogen-bond donors (Lipinski definition) is 0. The fourth-order valence-electron chi connectivity index (χ4n) is 3.01. The van der Waals surface area contributed by atoms with E-state index in [0.717, 1.165) is 25.7 Å². The number of methoxy groups -OCH3 is 1. The summed E-state index contributed by atoms with van der Waals surface area (Å²) in [7, 11) is 1.65. The van der Waals surface area contributed by atoms with Crippen molar-refractivity contribution in [2.75, 3.05) is 13.7 Å². The molecule has 0 radical (unpaired) electrons. The molecule has 3 heteroatoms. The minimum atomic E-state index is -0.105. The van der Waals surface area contributed by atoms with Gasteiger partial charge >= 0.3 is 5.97 Å². The maximum Gasteiger partial charge on any atom is 0.312 e. The lowest BCUT2D eigenvalue weighted by Crippen LogP contribution is -2.24. The van der Waals surface area contributed by atoms with Gasteiger partial charge in [0.2, 0.25) is 0 Å². The quantitative estimate of drug-likeness (QED) is 0.567. The first kappa shape index (κ1) is 14.3. The molecular formula is C16H24O3. The summed E-state index contributed by atoms with van der Waals surface area (Å²) < 4.78 is 10.7. The Hall–Kier alpha value is -1.09. The molecule has 0 N–H and O–H groups in total. The second-order valence-corrected chi connectivity index (χ2v) is 5.77. The van der Waals surface area contributed by atoms with Gasteiger partial charge in [-0.05, 0) is 45.6 Å². The lowest BCUT2D eigenvalue weighted by Gasteiger charge is -2.20. The highest BCUT2D eigenvalue weighted by molar-refractivity contribution is 5.75. The Morgan fingerprint density at radius 2 is 2.11 bits per heavy atom. The second-order valence-electron chi connectivity index (χ2n) is 5.77. The average Bonchev–Trinajstić information content (AvgIpc) is 2.63. The second kappa shape index (κ2) is 6.38. The van der Waals surface area contributed by atoms with E-state index in [9.17, 15) is 4.79 Å². The van der Waals surface area contributed by atoms with Crippen molar-refractivity contribution in [3.63, 3.8) is 0 Å². The third kappa shape index (κ3) is 3.47. The van der Waals surface area contributed by atoms with Gasteiger partial charge in [0.1, 0.15) is 6.10 Å². The predicted octanol–water partition coefficient (Wildman–Crippen LogP) is 3.26. The maximum absolute atomic E-state index is 12.0. The molecule has 106 valence electrons. The number of fused-ring (bicyclic) bond motifs is 1. The van der Waals surface area contributed by atoms with E-state index < -0.39 is 0 Å². The van der Waals surface area contributed by atoms with E-state index in [-0.39, 0.29) is 23.9 Å². The van der Waals surface area contributed by atoms with Gasteiger partial charge < -0.3 is 9.47 Å². The first-order valence-electron chi connectivity index (χ1n) is 7.14. The molecule has 0 unspecified atom stereocenters. The zero-order chi connectivity index (χ0) is 13.8. The molecule has 1 aliphatic heterocycles. The number of carbonyl (C=O) groups is 1. The summed E-state index contributed by atoms with van der Waals surface area (Å²) in [5.41, 5.74) is 2.73. The zero-order valence-corrected chi connectivity index (χ0v) is 12.1. The Labute approximate surface area is 115 Å². The minimum Gasteiger partial charge on any atom is -0.458 e. The van der Waals surface area contributed by atoms with Crippen LogP contribution in [0.2, 0.25) is 0 Å². The van der Waals surface area contributed by atoms with Crippen molar-refractivity contribution in [3.8, 4) is 0 Å². The van der Waals surface area contributed by atoms with Crippen molar-refractivity contribution < 1.29 is 14.3 Å². The van der Waals surface area contributed by atoms with Crippen LogP contribution < -0.4 is 0 Å². The van der Waals surface area contributed by atoms with Crippen molar-refractivity contribution in [1.82, 2.24) is 0 Å². The maximum atomic E-state index is 12.0. The summed E-state index contributed by atoms with van der Waals surface area (Å²) in [5.74, 6) is 0.0527. The van der Waals surface area contributed by atoms with Crippen LogP contribution in [-0.4, -0.2) is 25.8 Å². The smallest absolute Gasteiger partial charge is 0.312 e. The van der Waals surface area contributed by atoms with E-state index >= 15 is 0 Å². The summed E-state index contributed by atoms with van der Waals surface area (Å²) >= 11 is 0. The van der Waals surface area contributed by atoms with E-state index in [2.05, 4.69) is 26.0 Å². The van der Waals surface area contributed by atoms with Crippen LogP contribution in [0.3, 0.4) is 0 Å². The predicted molar refractivity (Wildman–Crippen MR) is 74.7 cm³/mol. The van der Waals surface area contributed by atoms with Crippen LogP contribution in [0.4, 0.5) is 0 Å². The van der Waals surface area contributed by atoms with Gasteiger partial charge in [0.15, 0.2) is 0 Å². The number of allylic oxidation sites excluding steroid dienone is 3. The molecule has 0 aromatic rings. The van der Waals surface area contributed by atoms with Gasteiger partial charge in [-0.15, -0.1) is 0 Å². The topological polar surface area (TPSA) is 35.5 Å². The summed E-state index contributed by atoms with van der Waals surface area (Å²) in [6.45, 7) is 4.77. The molecule has 3 nitrogen and oxygen atoms in total. The van der Waals surface area contributed by atoms with Crippen LogP contribution in [0.15, 0.2) is 23.3 Å². The lowest BCUT2D eigenvalue weighted by molar-refractivity contribution is -0.144. The van der Waals surface area contributed by atoms with Crippen molar-refractivity contribution in [2.24, 2.45) is 11.8 Å². The van der Waals surface area contributed by atoms with E-state index in [1.807, 2.05) is 0 Å². The van der Waals surface area contributed by atoms with Crippen molar-refractivity contribution in [1.29, 1.82) is 0 Å². The van der Waals surface area contributed by atoms with Crippen LogP contribution in [-0.2, 0) is 14.3 Å². The number of hydrogen-bond acceptors (Lipinski definition) is 3. The SMILES string of the molecule is COC[C@@H]1C(=O)O[C@@H]2/C=C(\C)CCC=C(C)CC[C@@H]12. The van der Waals surface area contributed by atoms with Crippen LogP contribution in [0.5, 0.6) is 0 Å². The molecule has 0 bridgehead atoms. The molecule has 0 spiro atoms. The van der Waals surface area contributed by atoms with Gasteiger partial charge in [-0.3, -0.25) is 4.79 Å². The van der Waals surface area contributed by atoms with Gasteiger partial charge in [-0.1, -0.05) is 17.2 Å². The zero-order valence-electron chi connectivity index (χ0n) is 12.1. The Morgan fingerprint density at radius 3 is 2.84 bits per heavy atom. The van der Waals surface area contributed by atoms with E-state index in [1.54, 1.807) is 7.11 Å². The number of carbonyl (C=O) groups excluding carboxylic acids is 1. The molecule has 0 aromatic carbocycles. The largest absolute Gasteiger partial charge is 0.458 e. The highest BCUT2D eigenvalue weighted by Crippen LogP contribution is 2.35. The molecule has 1 fully saturated rings. The Balaban J connectivity index is 2.20. The van der Waals surface area contributed by atoms with Crippen molar-refractivity contribution >= 4 is 5.97 Å². The van der Waals surface area contributed by atoms with E-state index in [4.69, 9.17) is 9.47 Å². The molecule has 19 heavy (non-hydrogen) atoms. The summed E-state index contributed by atoms with van der Waals surface area (Å²) in [5, 5.41) is 0. The molecule has 1 aliphatic carbocycles. The van der Waals surface area contributed by atoms with Crippen LogP contribution in [0.25, 0.3) is 0 Å². The summed E-state index contributed by atoms with van der Waals surface area (Å²) in [4.78, 5) is 12.0. The number of ether oxygens (including phenoxy) is 2. The summed E-state index contributed by atoms with van der Waals surface area (Å²) in [6.07, 6.45) is 8.58. The third-order valence-electron chi connectivity index (χ3n) is 4.19. The van der Waals surface area contributed by atoms with E-state index in [0.29, 0.717) is 6.61 Å². The first-order valence-corrected chi connectivity index (χ1v) is 7.14. The van der Waals surface area contributed by atoms with Gasteiger partial charge in [-0.2, -0.15) is 0 Å². The molecule has 0 amide bonds. The van der Waals surface area contributed by atoms with Gasteiger partial charge in [-0.25, -0.2) is 0 Å². The van der Waals surface area contributed by atoms with Crippen molar-refractivity contribution in [2.45, 2.75) is 45.6 Å². The van der Waals surface area contributed by atoms with Gasteiger partial charge in [0, 0.05) is 13.0 Å². The van der Waals surface area contributed by atoms with Crippen LogP contribution >= 0.6 is 0 Å². The highest BCUT2D eigenvalue weighted by Gasteiger charge is 2.43. The number of esters is 1. The fraction of sp³-hybridized carbons (Fsp3) is 0.688. The molecular weight excluding hydrogens is 240 g/mol. The molecule has 1 saturated heterocycles. The van der Waals surface area contributed by atoms with Crippen molar-refractivity contribution in [3.05, 3.63) is 23.3 Å². The van der Waals surface area contributed by atoms with Crippen LogP contribution in [0, 0.1) is 11.8 Å². The normalized spacial score (nSPS) is 34.9. The number of rotatable bonds is 2. The molecule has 2 rings (SSSR count). The molecule has 3 atom stereocenters. The molecule has 0 saturated carbocycles. The molecule has 0 aromatic heterocycles. The fourth-order valence-corrected chi connectivity index (χ4v) is 3.01. The average molecular weight is 264 g/mol. The van der Waals surface area contributed by atoms with Gasteiger partial charge in [0.05, 0.1) is 12.5 Å². The Morgan fingerprint density at radius 1 is 1.32 bits per heavy atom. The summed E-state index contributed by atoms with van der Waals surface area (Å²) in [6, 6.07) is 0. The lowest BCUT2D eigenvalue weighted by atomic mass is 9.84. The van der Waals surface area contributed by atoms with E-state index in [1.165, 1.54) is 11.1 Å².